The lowest BCUT2D eigenvalue weighted by Crippen LogP contribution is -2.36. The van der Waals surface area contributed by atoms with Gasteiger partial charge in [-0.3, -0.25) is 0 Å². The standard InChI is InChI=1S/C20H26N4O2.HI/c1-4-21-20(22-12-15-6-5-7-17(10-15)24(2)3)23-13-16-8-9-18-19(11-16)26-14-25-18;/h5-11H,4,12-14H2,1-3H3,(H2,21,22,23);1H. The third kappa shape index (κ3) is 5.92. The summed E-state index contributed by atoms with van der Waals surface area (Å²) in [4.78, 5) is 6.79. The zero-order valence-corrected chi connectivity index (χ0v) is 18.3. The van der Waals surface area contributed by atoms with E-state index in [2.05, 4.69) is 46.7 Å². The smallest absolute Gasteiger partial charge is 0.231 e. The van der Waals surface area contributed by atoms with Crippen molar-refractivity contribution in [3.8, 4) is 11.5 Å². The zero-order chi connectivity index (χ0) is 18.4. The molecule has 1 heterocycles. The summed E-state index contributed by atoms with van der Waals surface area (Å²) in [5, 5.41) is 6.65. The average molecular weight is 482 g/mol. The molecular formula is C20H27IN4O2. The Hall–Kier alpha value is -2.16. The van der Waals surface area contributed by atoms with Crippen LogP contribution in [0.5, 0.6) is 11.5 Å². The van der Waals surface area contributed by atoms with E-state index in [4.69, 9.17) is 14.5 Å². The van der Waals surface area contributed by atoms with Crippen LogP contribution in [0.2, 0.25) is 0 Å². The number of aliphatic imine (C=N–C) groups is 1. The Kier molecular flexibility index (Phi) is 8.02. The summed E-state index contributed by atoms with van der Waals surface area (Å²) in [6.07, 6.45) is 0. The van der Waals surface area contributed by atoms with Gasteiger partial charge in [0.25, 0.3) is 0 Å². The average Bonchev–Trinajstić information content (AvgIpc) is 3.12. The first-order valence-electron chi connectivity index (χ1n) is 8.82. The van der Waals surface area contributed by atoms with Gasteiger partial charge in [0.2, 0.25) is 6.79 Å². The van der Waals surface area contributed by atoms with Gasteiger partial charge in [0.05, 0.1) is 6.54 Å². The third-order valence-electron chi connectivity index (χ3n) is 4.09. The third-order valence-corrected chi connectivity index (χ3v) is 4.09. The van der Waals surface area contributed by atoms with Crippen LogP contribution in [-0.4, -0.2) is 33.4 Å². The van der Waals surface area contributed by atoms with Gasteiger partial charge in [0, 0.05) is 32.9 Å². The van der Waals surface area contributed by atoms with Gasteiger partial charge in [-0.2, -0.15) is 0 Å². The minimum absolute atomic E-state index is 0. The summed E-state index contributed by atoms with van der Waals surface area (Å²) in [6, 6.07) is 14.4. The van der Waals surface area contributed by atoms with Crippen molar-refractivity contribution in [3.05, 3.63) is 53.6 Å². The number of nitrogens with one attached hydrogen (secondary N) is 2. The van der Waals surface area contributed by atoms with Crippen LogP contribution in [0.4, 0.5) is 5.69 Å². The van der Waals surface area contributed by atoms with Crippen LogP contribution in [0.3, 0.4) is 0 Å². The van der Waals surface area contributed by atoms with Gasteiger partial charge in [-0.05, 0) is 42.3 Å². The summed E-state index contributed by atoms with van der Waals surface area (Å²) in [5.41, 5.74) is 3.47. The molecule has 6 nitrogen and oxygen atoms in total. The second-order valence-electron chi connectivity index (χ2n) is 6.30. The predicted molar refractivity (Wildman–Crippen MR) is 120 cm³/mol. The molecule has 7 heteroatoms. The predicted octanol–water partition coefficient (Wildman–Crippen LogP) is 3.35. The number of guanidine groups is 1. The Balaban J connectivity index is 0.00000261. The van der Waals surface area contributed by atoms with E-state index >= 15 is 0 Å². The van der Waals surface area contributed by atoms with Gasteiger partial charge in [-0.15, -0.1) is 24.0 Å². The normalized spacial score (nSPS) is 12.3. The highest BCUT2D eigenvalue weighted by Gasteiger charge is 2.13. The van der Waals surface area contributed by atoms with E-state index in [1.54, 1.807) is 0 Å². The first-order chi connectivity index (χ1) is 12.7. The molecule has 0 unspecified atom stereocenters. The molecule has 1 aliphatic rings. The van der Waals surface area contributed by atoms with Crippen LogP contribution in [0.1, 0.15) is 18.1 Å². The highest BCUT2D eigenvalue weighted by atomic mass is 127. The zero-order valence-electron chi connectivity index (χ0n) is 16.0. The van der Waals surface area contributed by atoms with Crippen LogP contribution in [-0.2, 0) is 13.1 Å². The summed E-state index contributed by atoms with van der Waals surface area (Å²) < 4.78 is 10.8. The Bertz CT molecular complexity index is 780. The Morgan fingerprint density at radius 1 is 1.04 bits per heavy atom. The van der Waals surface area contributed by atoms with Crippen molar-refractivity contribution < 1.29 is 9.47 Å². The molecular weight excluding hydrogens is 455 g/mol. The summed E-state index contributed by atoms with van der Waals surface area (Å²) >= 11 is 0. The molecule has 0 saturated carbocycles. The lowest BCUT2D eigenvalue weighted by Gasteiger charge is -2.14. The first-order valence-corrected chi connectivity index (χ1v) is 8.82. The highest BCUT2D eigenvalue weighted by Crippen LogP contribution is 2.32. The molecule has 0 aromatic heterocycles. The van der Waals surface area contributed by atoms with Gasteiger partial charge in [0.15, 0.2) is 17.5 Å². The van der Waals surface area contributed by atoms with Crippen molar-refractivity contribution in [1.29, 1.82) is 0 Å². The van der Waals surface area contributed by atoms with Crippen molar-refractivity contribution in [2.45, 2.75) is 20.0 Å². The SMILES string of the molecule is CCNC(=NCc1cccc(N(C)C)c1)NCc1ccc2c(c1)OCO2.I. The van der Waals surface area contributed by atoms with Gasteiger partial charge in [-0.1, -0.05) is 18.2 Å². The first kappa shape index (κ1) is 21.1. The Labute approximate surface area is 178 Å². The molecule has 146 valence electrons. The van der Waals surface area contributed by atoms with Crippen molar-refractivity contribution in [2.24, 2.45) is 4.99 Å². The van der Waals surface area contributed by atoms with Gasteiger partial charge in [-0.25, -0.2) is 4.99 Å². The quantitative estimate of drug-likeness (QED) is 0.376. The minimum atomic E-state index is 0. The fourth-order valence-electron chi connectivity index (χ4n) is 2.68. The summed E-state index contributed by atoms with van der Waals surface area (Å²) in [6.45, 7) is 4.45. The van der Waals surface area contributed by atoms with Crippen molar-refractivity contribution >= 4 is 35.6 Å². The van der Waals surface area contributed by atoms with E-state index in [1.165, 1.54) is 11.3 Å². The number of anilines is 1. The molecule has 1 aliphatic heterocycles. The van der Waals surface area contributed by atoms with E-state index < -0.39 is 0 Å². The molecule has 0 aliphatic carbocycles. The molecule has 0 spiro atoms. The number of rotatable bonds is 6. The van der Waals surface area contributed by atoms with Crippen LogP contribution in [0.15, 0.2) is 47.5 Å². The fraction of sp³-hybridized carbons (Fsp3) is 0.350. The lowest BCUT2D eigenvalue weighted by molar-refractivity contribution is 0.174. The van der Waals surface area contributed by atoms with Crippen LogP contribution in [0, 0.1) is 0 Å². The fourth-order valence-corrected chi connectivity index (χ4v) is 2.68. The number of halogens is 1. The number of hydrogen-bond acceptors (Lipinski definition) is 4. The maximum absolute atomic E-state index is 5.43. The maximum atomic E-state index is 5.43. The number of fused-ring (bicyclic) bond motifs is 1. The number of benzene rings is 2. The molecule has 2 N–H and O–H groups in total. The number of hydrogen-bond donors (Lipinski definition) is 2. The Morgan fingerprint density at radius 2 is 1.85 bits per heavy atom. The van der Waals surface area contributed by atoms with E-state index in [-0.39, 0.29) is 24.0 Å². The van der Waals surface area contributed by atoms with E-state index in [9.17, 15) is 0 Å². The molecule has 2 aromatic carbocycles. The van der Waals surface area contributed by atoms with Crippen molar-refractivity contribution in [3.63, 3.8) is 0 Å². The van der Waals surface area contributed by atoms with Gasteiger partial charge >= 0.3 is 0 Å². The number of nitrogens with zero attached hydrogens (tertiary/aromatic N) is 2. The highest BCUT2D eigenvalue weighted by molar-refractivity contribution is 14.0. The second kappa shape index (κ2) is 10.2. The topological polar surface area (TPSA) is 58.1 Å². The minimum Gasteiger partial charge on any atom is -0.454 e. The van der Waals surface area contributed by atoms with Crippen molar-refractivity contribution in [1.82, 2.24) is 10.6 Å². The molecule has 3 rings (SSSR count). The van der Waals surface area contributed by atoms with E-state index in [1.807, 2.05) is 32.3 Å². The van der Waals surface area contributed by atoms with Crippen LogP contribution in [0.25, 0.3) is 0 Å². The maximum Gasteiger partial charge on any atom is 0.231 e. The molecule has 27 heavy (non-hydrogen) atoms. The molecule has 0 bridgehead atoms. The van der Waals surface area contributed by atoms with E-state index in [0.29, 0.717) is 19.9 Å². The second-order valence-corrected chi connectivity index (χ2v) is 6.30. The number of ether oxygens (including phenoxy) is 2. The molecule has 0 fully saturated rings. The van der Waals surface area contributed by atoms with Gasteiger partial charge < -0.3 is 25.0 Å². The van der Waals surface area contributed by atoms with Crippen LogP contribution >= 0.6 is 24.0 Å². The molecule has 0 atom stereocenters. The summed E-state index contributed by atoms with van der Waals surface area (Å²) in [5.74, 6) is 2.39. The molecule has 0 radical (unpaired) electrons. The summed E-state index contributed by atoms with van der Waals surface area (Å²) in [7, 11) is 4.08. The Morgan fingerprint density at radius 3 is 2.63 bits per heavy atom. The molecule has 0 saturated heterocycles. The van der Waals surface area contributed by atoms with E-state index in [0.717, 1.165) is 29.6 Å². The molecule has 2 aromatic rings. The van der Waals surface area contributed by atoms with Crippen molar-refractivity contribution in [2.75, 3.05) is 32.3 Å². The van der Waals surface area contributed by atoms with Gasteiger partial charge in [0.1, 0.15) is 0 Å². The lowest BCUT2D eigenvalue weighted by atomic mass is 10.2. The van der Waals surface area contributed by atoms with Crippen LogP contribution < -0.4 is 25.0 Å². The monoisotopic (exact) mass is 482 g/mol. The molecule has 0 amide bonds. The largest absolute Gasteiger partial charge is 0.454 e.